The molecule has 1 N–H and O–H groups in total. The van der Waals surface area contributed by atoms with Gasteiger partial charge >= 0.3 is 0 Å². The van der Waals surface area contributed by atoms with Gasteiger partial charge in [-0.15, -0.1) is 0 Å². The summed E-state index contributed by atoms with van der Waals surface area (Å²) >= 11 is 2.09. The molecule has 0 saturated heterocycles. The Morgan fingerprint density at radius 3 is 2.71 bits per heavy atom. The minimum atomic E-state index is 0.280. The van der Waals surface area contributed by atoms with Crippen molar-refractivity contribution in [3.8, 4) is 11.8 Å². The van der Waals surface area contributed by atoms with E-state index in [1.54, 1.807) is 12.1 Å². The van der Waals surface area contributed by atoms with Gasteiger partial charge in [-0.25, -0.2) is 0 Å². The molecule has 0 aliphatic heterocycles. The van der Waals surface area contributed by atoms with E-state index in [0.717, 1.165) is 14.3 Å². The summed E-state index contributed by atoms with van der Waals surface area (Å²) < 4.78 is 0.824. The highest BCUT2D eigenvalue weighted by molar-refractivity contribution is 14.1. The van der Waals surface area contributed by atoms with Crippen LogP contribution in [0.25, 0.3) is 10.8 Å². The van der Waals surface area contributed by atoms with Crippen molar-refractivity contribution in [1.82, 2.24) is 0 Å². The van der Waals surface area contributed by atoms with Crippen LogP contribution in [-0.4, -0.2) is 5.11 Å². The van der Waals surface area contributed by atoms with E-state index in [1.165, 1.54) is 0 Å². The van der Waals surface area contributed by atoms with Crippen LogP contribution in [0.4, 0.5) is 0 Å². The Morgan fingerprint density at radius 2 is 2.00 bits per heavy atom. The van der Waals surface area contributed by atoms with Gasteiger partial charge in [-0.05, 0) is 51.6 Å². The first kappa shape index (κ1) is 9.28. The number of halogens is 1. The molecule has 2 aromatic rings. The average molecular weight is 295 g/mol. The smallest absolute Gasteiger partial charge is 0.129 e. The Bertz CT molecular complexity index is 543. The van der Waals surface area contributed by atoms with E-state index < -0.39 is 0 Å². The standard InChI is InChI=1S/C11H6INO/c12-11-9-3-1-7(6-13)5-8(9)2-4-10(11)14/h1-5,14H. The molecule has 68 valence electrons. The van der Waals surface area contributed by atoms with Gasteiger partial charge in [0.05, 0.1) is 15.2 Å². The monoisotopic (exact) mass is 295 g/mol. The molecule has 0 aliphatic carbocycles. The van der Waals surface area contributed by atoms with Crippen LogP contribution >= 0.6 is 22.6 Å². The number of nitriles is 1. The third-order valence-electron chi connectivity index (χ3n) is 2.06. The number of nitrogens with zero attached hydrogens (tertiary/aromatic N) is 1. The molecule has 0 aromatic heterocycles. The number of phenolic OH excluding ortho intramolecular Hbond substituents is 1. The Labute approximate surface area is 94.9 Å². The minimum Gasteiger partial charge on any atom is -0.507 e. The SMILES string of the molecule is N#Cc1ccc2c(I)c(O)ccc2c1. The fourth-order valence-corrected chi connectivity index (χ4v) is 2.02. The molecular weight excluding hydrogens is 289 g/mol. The second-order valence-corrected chi connectivity index (χ2v) is 4.03. The summed E-state index contributed by atoms with van der Waals surface area (Å²) in [4.78, 5) is 0. The topological polar surface area (TPSA) is 44.0 Å². The van der Waals surface area contributed by atoms with Gasteiger partial charge in [0.25, 0.3) is 0 Å². The number of hydrogen-bond donors (Lipinski definition) is 1. The van der Waals surface area contributed by atoms with E-state index in [0.29, 0.717) is 5.56 Å². The summed E-state index contributed by atoms with van der Waals surface area (Å²) in [5, 5.41) is 20.1. The first-order valence-electron chi connectivity index (χ1n) is 4.03. The zero-order chi connectivity index (χ0) is 10.1. The Kier molecular flexibility index (Phi) is 2.30. The van der Waals surface area contributed by atoms with Crippen LogP contribution in [0.1, 0.15) is 5.56 Å². The second kappa shape index (κ2) is 3.46. The summed E-state index contributed by atoms with van der Waals surface area (Å²) in [6.45, 7) is 0. The lowest BCUT2D eigenvalue weighted by Crippen LogP contribution is -1.81. The maximum atomic E-state index is 9.47. The molecular formula is C11H6INO. The molecule has 2 aromatic carbocycles. The van der Waals surface area contributed by atoms with Crippen molar-refractivity contribution in [3.63, 3.8) is 0 Å². The molecule has 0 atom stereocenters. The van der Waals surface area contributed by atoms with Crippen LogP contribution in [0.5, 0.6) is 5.75 Å². The van der Waals surface area contributed by atoms with Crippen molar-refractivity contribution in [1.29, 1.82) is 5.26 Å². The lowest BCUT2D eigenvalue weighted by atomic mass is 10.1. The Hall–Kier alpha value is -1.28. The van der Waals surface area contributed by atoms with Gasteiger partial charge in [-0.3, -0.25) is 0 Å². The van der Waals surface area contributed by atoms with E-state index >= 15 is 0 Å². The van der Waals surface area contributed by atoms with Gasteiger partial charge in [0.15, 0.2) is 0 Å². The summed E-state index contributed by atoms with van der Waals surface area (Å²) in [5.41, 5.74) is 0.638. The molecule has 0 bridgehead atoms. The Morgan fingerprint density at radius 1 is 1.21 bits per heavy atom. The molecule has 0 spiro atoms. The molecule has 0 heterocycles. The third-order valence-corrected chi connectivity index (χ3v) is 3.20. The van der Waals surface area contributed by atoms with Crippen LogP contribution in [0.3, 0.4) is 0 Å². The molecule has 0 amide bonds. The van der Waals surface area contributed by atoms with Crippen LogP contribution in [0.2, 0.25) is 0 Å². The zero-order valence-electron chi connectivity index (χ0n) is 7.16. The average Bonchev–Trinajstić information content (AvgIpc) is 2.23. The molecule has 2 rings (SSSR count). The van der Waals surface area contributed by atoms with Crippen molar-refractivity contribution < 1.29 is 5.11 Å². The number of benzene rings is 2. The van der Waals surface area contributed by atoms with Crippen molar-refractivity contribution in [2.45, 2.75) is 0 Å². The van der Waals surface area contributed by atoms with E-state index in [9.17, 15) is 5.11 Å². The number of rotatable bonds is 0. The van der Waals surface area contributed by atoms with Gasteiger partial charge in [-0.2, -0.15) is 5.26 Å². The summed E-state index contributed by atoms with van der Waals surface area (Å²) in [6, 6.07) is 11.0. The maximum Gasteiger partial charge on any atom is 0.129 e. The normalized spacial score (nSPS) is 10.0. The number of aromatic hydroxyl groups is 1. The quantitative estimate of drug-likeness (QED) is 0.759. The van der Waals surface area contributed by atoms with E-state index in [4.69, 9.17) is 5.26 Å². The van der Waals surface area contributed by atoms with Crippen LogP contribution in [0.15, 0.2) is 30.3 Å². The number of fused-ring (bicyclic) bond motifs is 1. The predicted molar refractivity (Wildman–Crippen MR) is 63.0 cm³/mol. The van der Waals surface area contributed by atoms with Gasteiger partial charge in [0, 0.05) is 0 Å². The minimum absolute atomic E-state index is 0.280. The molecule has 0 radical (unpaired) electrons. The van der Waals surface area contributed by atoms with Crippen molar-refractivity contribution in [2.24, 2.45) is 0 Å². The molecule has 0 fully saturated rings. The molecule has 0 aliphatic rings. The van der Waals surface area contributed by atoms with Crippen molar-refractivity contribution in [2.75, 3.05) is 0 Å². The highest BCUT2D eigenvalue weighted by atomic mass is 127. The summed E-state index contributed by atoms with van der Waals surface area (Å²) in [7, 11) is 0. The van der Waals surface area contributed by atoms with Crippen LogP contribution < -0.4 is 0 Å². The first-order valence-corrected chi connectivity index (χ1v) is 5.11. The van der Waals surface area contributed by atoms with Gasteiger partial charge < -0.3 is 5.11 Å². The van der Waals surface area contributed by atoms with Gasteiger partial charge in [-0.1, -0.05) is 12.1 Å². The fourth-order valence-electron chi connectivity index (χ4n) is 1.35. The zero-order valence-corrected chi connectivity index (χ0v) is 9.32. The van der Waals surface area contributed by atoms with E-state index in [-0.39, 0.29) is 5.75 Å². The van der Waals surface area contributed by atoms with Gasteiger partial charge in [0.2, 0.25) is 0 Å². The predicted octanol–water partition coefficient (Wildman–Crippen LogP) is 3.02. The van der Waals surface area contributed by atoms with Crippen LogP contribution in [-0.2, 0) is 0 Å². The molecule has 0 saturated carbocycles. The molecule has 3 heteroatoms. The van der Waals surface area contributed by atoms with Crippen molar-refractivity contribution >= 4 is 33.4 Å². The largest absolute Gasteiger partial charge is 0.507 e. The highest BCUT2D eigenvalue weighted by Gasteiger charge is 2.03. The summed E-state index contributed by atoms with van der Waals surface area (Å²) in [5.74, 6) is 0.280. The van der Waals surface area contributed by atoms with Crippen molar-refractivity contribution in [3.05, 3.63) is 39.5 Å². The lowest BCUT2D eigenvalue weighted by Gasteiger charge is -2.02. The summed E-state index contributed by atoms with van der Waals surface area (Å²) in [6.07, 6.45) is 0. The first-order chi connectivity index (χ1) is 6.72. The van der Waals surface area contributed by atoms with E-state index in [2.05, 4.69) is 28.7 Å². The second-order valence-electron chi connectivity index (χ2n) is 2.95. The highest BCUT2D eigenvalue weighted by Crippen LogP contribution is 2.28. The van der Waals surface area contributed by atoms with Gasteiger partial charge in [0.1, 0.15) is 5.75 Å². The number of phenols is 1. The number of hydrogen-bond acceptors (Lipinski definition) is 2. The Balaban J connectivity index is 2.83. The molecule has 2 nitrogen and oxygen atoms in total. The molecule has 0 unspecified atom stereocenters. The lowest BCUT2D eigenvalue weighted by molar-refractivity contribution is 0.472. The van der Waals surface area contributed by atoms with Crippen LogP contribution in [0, 0.1) is 14.9 Å². The fraction of sp³-hybridized carbons (Fsp3) is 0. The third kappa shape index (κ3) is 1.42. The van der Waals surface area contributed by atoms with E-state index in [1.807, 2.05) is 18.2 Å². The maximum absolute atomic E-state index is 9.47. The molecule has 14 heavy (non-hydrogen) atoms.